The Balaban J connectivity index is 2.46. The Labute approximate surface area is 83.6 Å². The van der Waals surface area contributed by atoms with Crippen LogP contribution >= 0.6 is 0 Å². The van der Waals surface area contributed by atoms with E-state index < -0.39 is 0 Å². The summed E-state index contributed by atoms with van der Waals surface area (Å²) < 4.78 is 2.07. The predicted molar refractivity (Wildman–Crippen MR) is 57.3 cm³/mol. The van der Waals surface area contributed by atoms with Crippen molar-refractivity contribution in [3.8, 4) is 0 Å². The van der Waals surface area contributed by atoms with Gasteiger partial charge in [-0.25, -0.2) is 4.98 Å². The minimum absolute atomic E-state index is 0.744. The Morgan fingerprint density at radius 2 is 2.36 bits per heavy atom. The zero-order valence-electron chi connectivity index (χ0n) is 8.40. The Kier molecular flexibility index (Phi) is 2.50. The summed E-state index contributed by atoms with van der Waals surface area (Å²) in [6.45, 7) is 2.79. The maximum Gasteiger partial charge on any atom is 0.0995 e. The van der Waals surface area contributed by atoms with Crippen LogP contribution in [0.15, 0.2) is 24.7 Å². The molecule has 0 spiro atoms. The van der Waals surface area contributed by atoms with Crippen molar-refractivity contribution in [1.29, 1.82) is 0 Å². The standard InChI is InChI=1S/C11H15N3/c1-9-11-10(4-2-6-12)5-3-7-14(11)8-13-9/h3,5,7-8H,2,4,6,12H2,1H3. The van der Waals surface area contributed by atoms with E-state index in [4.69, 9.17) is 5.73 Å². The molecule has 0 saturated carbocycles. The first-order valence-corrected chi connectivity index (χ1v) is 4.94. The van der Waals surface area contributed by atoms with Gasteiger partial charge in [0.1, 0.15) is 0 Å². The van der Waals surface area contributed by atoms with E-state index in [0.717, 1.165) is 25.1 Å². The highest BCUT2D eigenvalue weighted by atomic mass is 15.0. The van der Waals surface area contributed by atoms with Gasteiger partial charge in [-0.05, 0) is 37.9 Å². The number of rotatable bonds is 3. The molecule has 3 heteroatoms. The van der Waals surface area contributed by atoms with Crippen LogP contribution in [0, 0.1) is 6.92 Å². The van der Waals surface area contributed by atoms with Gasteiger partial charge in [0.2, 0.25) is 0 Å². The molecule has 3 nitrogen and oxygen atoms in total. The molecule has 0 saturated heterocycles. The number of imidazole rings is 1. The van der Waals surface area contributed by atoms with Crippen molar-refractivity contribution in [2.45, 2.75) is 19.8 Å². The molecule has 0 aliphatic carbocycles. The second-order valence-corrected chi connectivity index (χ2v) is 3.51. The first kappa shape index (κ1) is 9.21. The predicted octanol–water partition coefficient (Wildman–Crippen LogP) is 1.53. The first-order chi connectivity index (χ1) is 6.83. The summed E-state index contributed by atoms with van der Waals surface area (Å²) in [5.74, 6) is 0. The minimum Gasteiger partial charge on any atom is -0.330 e. The van der Waals surface area contributed by atoms with Crippen LogP contribution < -0.4 is 5.73 Å². The van der Waals surface area contributed by atoms with Gasteiger partial charge in [0, 0.05) is 6.20 Å². The SMILES string of the molecule is Cc1ncn2cccc(CCCN)c12. The average Bonchev–Trinajstić information content (AvgIpc) is 2.58. The highest BCUT2D eigenvalue weighted by Gasteiger charge is 2.04. The summed E-state index contributed by atoms with van der Waals surface area (Å²) in [5.41, 5.74) is 9.18. The summed E-state index contributed by atoms with van der Waals surface area (Å²) in [6, 6.07) is 4.21. The van der Waals surface area contributed by atoms with Crippen LogP contribution in [0.5, 0.6) is 0 Å². The van der Waals surface area contributed by atoms with Gasteiger partial charge >= 0.3 is 0 Å². The monoisotopic (exact) mass is 189 g/mol. The molecule has 0 radical (unpaired) electrons. The molecule has 0 aliphatic heterocycles. The molecule has 74 valence electrons. The quantitative estimate of drug-likeness (QED) is 0.795. The summed E-state index contributed by atoms with van der Waals surface area (Å²) in [7, 11) is 0. The largest absolute Gasteiger partial charge is 0.330 e. The fourth-order valence-corrected chi connectivity index (χ4v) is 1.79. The molecule has 0 atom stereocenters. The Hall–Kier alpha value is -1.35. The van der Waals surface area contributed by atoms with E-state index in [-0.39, 0.29) is 0 Å². The summed E-state index contributed by atoms with van der Waals surface area (Å²) in [5, 5.41) is 0. The zero-order valence-corrected chi connectivity index (χ0v) is 8.40. The van der Waals surface area contributed by atoms with Gasteiger partial charge in [0.15, 0.2) is 0 Å². The molecule has 0 aromatic carbocycles. The third kappa shape index (κ3) is 1.51. The van der Waals surface area contributed by atoms with E-state index in [0.29, 0.717) is 0 Å². The van der Waals surface area contributed by atoms with E-state index in [1.54, 1.807) is 0 Å². The second kappa shape index (κ2) is 3.80. The van der Waals surface area contributed by atoms with Crippen LogP contribution in [0.1, 0.15) is 17.7 Å². The fraction of sp³-hybridized carbons (Fsp3) is 0.364. The summed E-state index contributed by atoms with van der Waals surface area (Å²) in [6.07, 6.45) is 5.95. The van der Waals surface area contributed by atoms with Gasteiger partial charge in [0.25, 0.3) is 0 Å². The third-order valence-corrected chi connectivity index (χ3v) is 2.48. The van der Waals surface area contributed by atoms with E-state index in [1.165, 1.54) is 11.1 Å². The molecule has 2 heterocycles. The van der Waals surface area contributed by atoms with Crippen LogP contribution in [0.4, 0.5) is 0 Å². The van der Waals surface area contributed by atoms with Crippen molar-refractivity contribution in [3.63, 3.8) is 0 Å². The number of hydrogen-bond acceptors (Lipinski definition) is 2. The average molecular weight is 189 g/mol. The maximum atomic E-state index is 5.51. The van der Waals surface area contributed by atoms with E-state index in [1.807, 2.05) is 19.4 Å². The molecule has 2 rings (SSSR count). The fourth-order valence-electron chi connectivity index (χ4n) is 1.79. The number of aromatic nitrogens is 2. The number of aryl methyl sites for hydroxylation is 2. The van der Waals surface area contributed by atoms with Crippen LogP contribution in [0.3, 0.4) is 0 Å². The number of nitrogens with two attached hydrogens (primary N) is 1. The van der Waals surface area contributed by atoms with Crippen molar-refractivity contribution < 1.29 is 0 Å². The van der Waals surface area contributed by atoms with Gasteiger partial charge in [-0.1, -0.05) is 6.07 Å². The Bertz CT molecular complexity index is 431. The van der Waals surface area contributed by atoms with E-state index in [2.05, 4.69) is 21.5 Å². The minimum atomic E-state index is 0.744. The summed E-state index contributed by atoms with van der Waals surface area (Å²) >= 11 is 0. The highest BCUT2D eigenvalue weighted by Crippen LogP contribution is 2.15. The highest BCUT2D eigenvalue weighted by molar-refractivity contribution is 5.58. The van der Waals surface area contributed by atoms with E-state index in [9.17, 15) is 0 Å². The molecule has 2 aromatic rings. The topological polar surface area (TPSA) is 43.3 Å². The van der Waals surface area contributed by atoms with Crippen molar-refractivity contribution in [2.24, 2.45) is 5.73 Å². The Morgan fingerprint density at radius 1 is 1.50 bits per heavy atom. The number of nitrogens with zero attached hydrogens (tertiary/aromatic N) is 2. The number of fused-ring (bicyclic) bond motifs is 1. The smallest absolute Gasteiger partial charge is 0.0995 e. The lowest BCUT2D eigenvalue weighted by molar-refractivity contribution is 0.833. The van der Waals surface area contributed by atoms with Crippen molar-refractivity contribution >= 4 is 5.52 Å². The van der Waals surface area contributed by atoms with Gasteiger partial charge in [-0.15, -0.1) is 0 Å². The Morgan fingerprint density at radius 3 is 3.14 bits per heavy atom. The first-order valence-electron chi connectivity index (χ1n) is 4.94. The van der Waals surface area contributed by atoms with Gasteiger partial charge < -0.3 is 10.1 Å². The third-order valence-electron chi connectivity index (χ3n) is 2.48. The lowest BCUT2D eigenvalue weighted by atomic mass is 10.1. The van der Waals surface area contributed by atoms with Gasteiger partial charge in [-0.3, -0.25) is 0 Å². The van der Waals surface area contributed by atoms with Gasteiger partial charge in [0.05, 0.1) is 17.5 Å². The molecule has 0 unspecified atom stereocenters. The lowest BCUT2D eigenvalue weighted by Crippen LogP contribution is -2.01. The van der Waals surface area contributed by atoms with Crippen molar-refractivity contribution in [3.05, 3.63) is 35.9 Å². The van der Waals surface area contributed by atoms with Gasteiger partial charge in [-0.2, -0.15) is 0 Å². The molecule has 0 amide bonds. The zero-order chi connectivity index (χ0) is 9.97. The van der Waals surface area contributed by atoms with Crippen LogP contribution in [0.25, 0.3) is 5.52 Å². The molecule has 0 bridgehead atoms. The van der Waals surface area contributed by atoms with Crippen LogP contribution in [-0.2, 0) is 6.42 Å². The normalized spacial score (nSPS) is 11.0. The molecule has 14 heavy (non-hydrogen) atoms. The number of hydrogen-bond donors (Lipinski definition) is 1. The van der Waals surface area contributed by atoms with Crippen LogP contribution in [-0.4, -0.2) is 15.9 Å². The van der Waals surface area contributed by atoms with E-state index >= 15 is 0 Å². The second-order valence-electron chi connectivity index (χ2n) is 3.51. The molecule has 0 aliphatic rings. The van der Waals surface area contributed by atoms with Crippen molar-refractivity contribution in [1.82, 2.24) is 9.38 Å². The number of pyridine rings is 1. The molecular formula is C11H15N3. The molecular weight excluding hydrogens is 174 g/mol. The molecule has 0 fully saturated rings. The molecule has 2 aromatic heterocycles. The lowest BCUT2D eigenvalue weighted by Gasteiger charge is -2.03. The molecule has 2 N–H and O–H groups in total. The maximum absolute atomic E-state index is 5.51. The summed E-state index contributed by atoms with van der Waals surface area (Å²) in [4.78, 5) is 4.30. The van der Waals surface area contributed by atoms with Crippen LogP contribution in [0.2, 0.25) is 0 Å². The van der Waals surface area contributed by atoms with Crippen molar-refractivity contribution in [2.75, 3.05) is 6.54 Å².